The number of anilines is 1. The van der Waals surface area contributed by atoms with Crippen LogP contribution in [0.4, 0.5) is 5.13 Å². The maximum absolute atomic E-state index is 11.8. The SMILES string of the molecule is COC(=O)c1sc(N/N=c2\cc(-c3ccccc3)oc3ccccc23)nc1C. The predicted molar refractivity (Wildman–Crippen MR) is 109 cm³/mol. The van der Waals surface area contributed by atoms with E-state index in [2.05, 4.69) is 15.5 Å². The molecule has 2 aromatic carbocycles. The lowest BCUT2D eigenvalue weighted by Crippen LogP contribution is -2.07. The summed E-state index contributed by atoms with van der Waals surface area (Å²) in [5.74, 6) is 0.309. The lowest BCUT2D eigenvalue weighted by Gasteiger charge is -2.04. The molecule has 6 nitrogen and oxygen atoms in total. The summed E-state index contributed by atoms with van der Waals surface area (Å²) in [7, 11) is 1.35. The van der Waals surface area contributed by atoms with Gasteiger partial charge in [-0.3, -0.25) is 5.43 Å². The van der Waals surface area contributed by atoms with Crippen LogP contribution in [-0.2, 0) is 4.74 Å². The highest BCUT2D eigenvalue weighted by atomic mass is 32.1. The molecule has 1 N–H and O–H groups in total. The van der Waals surface area contributed by atoms with Crippen molar-refractivity contribution in [2.24, 2.45) is 5.10 Å². The number of nitrogens with zero attached hydrogens (tertiary/aromatic N) is 2. The molecule has 2 aromatic heterocycles. The van der Waals surface area contributed by atoms with Crippen LogP contribution < -0.4 is 10.8 Å². The van der Waals surface area contributed by atoms with E-state index in [0.29, 0.717) is 26.8 Å². The summed E-state index contributed by atoms with van der Waals surface area (Å²) in [5, 5.41) is 6.62. The molecule has 0 unspecified atom stereocenters. The molecule has 0 saturated heterocycles. The fraction of sp³-hybridized carbons (Fsp3) is 0.0952. The Morgan fingerprint density at radius 2 is 1.89 bits per heavy atom. The summed E-state index contributed by atoms with van der Waals surface area (Å²) >= 11 is 1.20. The van der Waals surface area contributed by atoms with Gasteiger partial charge in [-0.25, -0.2) is 9.78 Å². The van der Waals surface area contributed by atoms with E-state index >= 15 is 0 Å². The van der Waals surface area contributed by atoms with Gasteiger partial charge in [-0.1, -0.05) is 53.8 Å². The molecule has 2 heterocycles. The van der Waals surface area contributed by atoms with E-state index in [-0.39, 0.29) is 0 Å². The average Bonchev–Trinajstić information content (AvgIpc) is 3.12. The zero-order valence-corrected chi connectivity index (χ0v) is 16.1. The molecule has 28 heavy (non-hydrogen) atoms. The molecule has 4 aromatic rings. The highest BCUT2D eigenvalue weighted by Gasteiger charge is 2.15. The van der Waals surface area contributed by atoms with Crippen molar-refractivity contribution in [1.29, 1.82) is 0 Å². The summed E-state index contributed by atoms with van der Waals surface area (Å²) in [6.07, 6.45) is 0. The van der Waals surface area contributed by atoms with Crippen LogP contribution in [0.2, 0.25) is 0 Å². The molecule has 140 valence electrons. The number of esters is 1. The fourth-order valence-corrected chi connectivity index (χ4v) is 3.62. The van der Waals surface area contributed by atoms with Crippen LogP contribution >= 0.6 is 11.3 Å². The van der Waals surface area contributed by atoms with E-state index in [4.69, 9.17) is 9.15 Å². The van der Waals surface area contributed by atoms with E-state index < -0.39 is 5.97 Å². The standard InChI is InChI=1S/C21H17N3O3S/c1-13-19(20(25)26-2)28-21(22-13)24-23-16-12-18(14-8-4-3-5-9-14)27-17-11-7-6-10-15(16)17/h3-12H,1-2H3,(H,22,24)/b23-16+. The molecule has 0 aliphatic heterocycles. The van der Waals surface area contributed by atoms with Crippen molar-refractivity contribution in [2.75, 3.05) is 12.5 Å². The first-order valence-corrected chi connectivity index (χ1v) is 9.41. The second-order valence-corrected chi connectivity index (χ2v) is 7.01. The lowest BCUT2D eigenvalue weighted by atomic mass is 10.1. The summed E-state index contributed by atoms with van der Waals surface area (Å²) in [4.78, 5) is 16.6. The fourth-order valence-electron chi connectivity index (χ4n) is 2.79. The van der Waals surface area contributed by atoms with Crippen LogP contribution in [0.25, 0.3) is 22.3 Å². The smallest absolute Gasteiger partial charge is 0.350 e. The number of benzene rings is 2. The Morgan fingerprint density at radius 1 is 1.14 bits per heavy atom. The maximum Gasteiger partial charge on any atom is 0.350 e. The predicted octanol–water partition coefficient (Wildman–Crippen LogP) is 4.58. The molecule has 0 aliphatic rings. The van der Waals surface area contributed by atoms with Crippen molar-refractivity contribution in [3.05, 3.63) is 76.6 Å². The largest absolute Gasteiger partial charge is 0.465 e. The van der Waals surface area contributed by atoms with Crippen LogP contribution in [0.15, 0.2) is 70.2 Å². The highest BCUT2D eigenvalue weighted by molar-refractivity contribution is 7.17. The molecule has 0 aliphatic carbocycles. The first-order valence-electron chi connectivity index (χ1n) is 8.59. The summed E-state index contributed by atoms with van der Waals surface area (Å²) < 4.78 is 10.8. The van der Waals surface area contributed by atoms with Crippen LogP contribution in [-0.4, -0.2) is 18.1 Å². The number of para-hydroxylation sites is 1. The van der Waals surface area contributed by atoms with Crippen LogP contribution in [0, 0.1) is 6.92 Å². The second kappa shape index (κ2) is 7.66. The van der Waals surface area contributed by atoms with Gasteiger partial charge in [0.2, 0.25) is 5.13 Å². The molecule has 7 heteroatoms. The number of thiazole rings is 1. The Hall–Kier alpha value is -3.45. The topological polar surface area (TPSA) is 76.7 Å². The molecular weight excluding hydrogens is 374 g/mol. The third kappa shape index (κ3) is 3.52. The van der Waals surface area contributed by atoms with Gasteiger partial charge in [0.15, 0.2) is 0 Å². The zero-order chi connectivity index (χ0) is 19.5. The second-order valence-electron chi connectivity index (χ2n) is 6.01. The minimum absolute atomic E-state index is 0.404. The number of aromatic nitrogens is 1. The highest BCUT2D eigenvalue weighted by Crippen LogP contribution is 2.24. The number of hydrogen-bond donors (Lipinski definition) is 1. The summed E-state index contributed by atoms with van der Waals surface area (Å²) in [5.41, 5.74) is 5.25. The molecular formula is C21H17N3O3S. The number of carbonyl (C=O) groups is 1. The monoisotopic (exact) mass is 391 g/mol. The van der Waals surface area contributed by atoms with Crippen molar-refractivity contribution in [2.45, 2.75) is 6.92 Å². The van der Waals surface area contributed by atoms with Gasteiger partial charge in [-0.2, -0.15) is 5.10 Å². The van der Waals surface area contributed by atoms with Gasteiger partial charge in [0, 0.05) is 17.0 Å². The van der Waals surface area contributed by atoms with Crippen LogP contribution in [0.5, 0.6) is 0 Å². The normalized spacial score (nSPS) is 11.6. The van der Waals surface area contributed by atoms with E-state index in [9.17, 15) is 4.79 Å². The van der Waals surface area contributed by atoms with E-state index in [0.717, 1.165) is 16.5 Å². The average molecular weight is 391 g/mol. The van der Waals surface area contributed by atoms with Gasteiger partial charge in [0.1, 0.15) is 16.2 Å². The van der Waals surface area contributed by atoms with Crippen molar-refractivity contribution in [3.8, 4) is 11.3 Å². The molecule has 0 amide bonds. The van der Waals surface area contributed by atoms with Gasteiger partial charge in [-0.15, -0.1) is 0 Å². The number of nitrogens with one attached hydrogen (secondary N) is 1. The Morgan fingerprint density at radius 3 is 2.68 bits per heavy atom. The van der Waals surface area contributed by atoms with Gasteiger partial charge in [0.25, 0.3) is 0 Å². The van der Waals surface area contributed by atoms with Gasteiger partial charge >= 0.3 is 5.97 Å². The number of rotatable bonds is 4. The Bertz CT molecular complexity index is 1210. The molecule has 0 bridgehead atoms. The quantitative estimate of drug-likeness (QED) is 0.407. The lowest BCUT2D eigenvalue weighted by molar-refractivity contribution is 0.0605. The van der Waals surface area contributed by atoms with E-state index in [1.165, 1.54) is 18.4 Å². The third-order valence-corrected chi connectivity index (χ3v) is 5.19. The third-order valence-electron chi connectivity index (χ3n) is 4.15. The molecule has 0 atom stereocenters. The Kier molecular flexibility index (Phi) is 4.90. The number of methoxy groups -OCH3 is 1. The van der Waals surface area contributed by atoms with E-state index in [1.807, 2.05) is 60.7 Å². The molecule has 0 spiro atoms. The van der Waals surface area contributed by atoms with Crippen molar-refractivity contribution in [1.82, 2.24) is 4.98 Å². The van der Waals surface area contributed by atoms with Gasteiger partial charge in [0.05, 0.1) is 18.2 Å². The van der Waals surface area contributed by atoms with E-state index in [1.54, 1.807) is 6.92 Å². The van der Waals surface area contributed by atoms with Crippen LogP contribution in [0.3, 0.4) is 0 Å². The first kappa shape index (κ1) is 17.9. The van der Waals surface area contributed by atoms with Gasteiger partial charge < -0.3 is 9.15 Å². The minimum Gasteiger partial charge on any atom is -0.465 e. The van der Waals surface area contributed by atoms with Gasteiger partial charge in [-0.05, 0) is 19.1 Å². The number of fused-ring (bicyclic) bond motifs is 1. The summed E-state index contributed by atoms with van der Waals surface area (Å²) in [6.45, 7) is 1.76. The maximum atomic E-state index is 11.8. The minimum atomic E-state index is -0.404. The number of aryl methyl sites for hydroxylation is 1. The number of hydrogen-bond acceptors (Lipinski definition) is 7. The van der Waals surface area contributed by atoms with Crippen molar-refractivity contribution < 1.29 is 13.9 Å². The molecule has 0 fully saturated rings. The zero-order valence-electron chi connectivity index (χ0n) is 15.3. The summed E-state index contributed by atoms with van der Waals surface area (Å²) in [6, 6.07) is 19.4. The number of carbonyl (C=O) groups excluding carboxylic acids is 1. The molecule has 0 radical (unpaired) electrons. The molecule has 0 saturated carbocycles. The Labute approximate surface area is 165 Å². The van der Waals surface area contributed by atoms with Crippen LogP contribution in [0.1, 0.15) is 15.4 Å². The number of ether oxygens (including phenoxy) is 1. The van der Waals surface area contributed by atoms with Crippen molar-refractivity contribution in [3.63, 3.8) is 0 Å². The molecule has 4 rings (SSSR count). The Balaban J connectivity index is 1.78. The first-order chi connectivity index (χ1) is 13.7. The van der Waals surface area contributed by atoms with Crippen molar-refractivity contribution >= 4 is 33.4 Å².